The van der Waals surface area contributed by atoms with E-state index < -0.39 is 0 Å². The fraction of sp³-hybridized carbons (Fsp3) is 0.500. The zero-order valence-corrected chi connectivity index (χ0v) is 6.91. The van der Waals surface area contributed by atoms with Gasteiger partial charge in [-0.25, -0.2) is 0 Å². The maximum absolute atomic E-state index is 9.30. The predicted octanol–water partition coefficient (Wildman–Crippen LogP) is 0.952. The summed E-state index contributed by atoms with van der Waals surface area (Å²) in [7, 11) is 1.85. The molecule has 0 amide bonds. The summed E-state index contributed by atoms with van der Waals surface area (Å²) in [5, 5.41) is 9.30. The molecular weight excluding hydrogens is 140 g/mol. The minimum Gasteiger partial charge on any atom is -0.509 e. The minimum atomic E-state index is -0.370. The number of rotatable bonds is 1. The van der Waals surface area contributed by atoms with Crippen molar-refractivity contribution in [1.82, 2.24) is 4.90 Å². The number of likely N-dealkylation sites (N-methyl/N-ethyl adjacent to an activating group) is 1. The third kappa shape index (κ3) is 1.54. The van der Waals surface area contributed by atoms with E-state index in [4.69, 9.17) is 5.73 Å². The summed E-state index contributed by atoms with van der Waals surface area (Å²) in [6.45, 7) is 2.04. The van der Waals surface area contributed by atoms with Crippen LogP contribution in [0.4, 0.5) is 0 Å². The summed E-state index contributed by atoms with van der Waals surface area (Å²) in [5.74, 6) is 0.242. The number of allylic oxidation sites excluding steroid dienone is 2. The van der Waals surface area contributed by atoms with Crippen molar-refractivity contribution in [2.45, 2.75) is 19.5 Å². The van der Waals surface area contributed by atoms with E-state index in [1.54, 1.807) is 11.0 Å². The topological polar surface area (TPSA) is 49.5 Å². The van der Waals surface area contributed by atoms with Gasteiger partial charge in [0.1, 0.15) is 11.9 Å². The first-order chi connectivity index (χ1) is 5.15. The Morgan fingerprint density at radius 1 is 1.73 bits per heavy atom. The van der Waals surface area contributed by atoms with Gasteiger partial charge in [-0.15, -0.1) is 0 Å². The van der Waals surface area contributed by atoms with Gasteiger partial charge in [-0.3, -0.25) is 0 Å². The van der Waals surface area contributed by atoms with E-state index >= 15 is 0 Å². The van der Waals surface area contributed by atoms with Crippen LogP contribution in [0, 0.1) is 0 Å². The van der Waals surface area contributed by atoms with E-state index in [-0.39, 0.29) is 11.9 Å². The Balaban J connectivity index is 2.82. The Labute approximate surface area is 66.8 Å². The van der Waals surface area contributed by atoms with Gasteiger partial charge < -0.3 is 15.7 Å². The lowest BCUT2D eigenvalue weighted by atomic mass is 10.1. The Morgan fingerprint density at radius 2 is 2.36 bits per heavy atom. The van der Waals surface area contributed by atoms with Crippen molar-refractivity contribution in [3.8, 4) is 0 Å². The molecule has 3 heteroatoms. The minimum absolute atomic E-state index is 0.242. The molecule has 1 heterocycles. The molecule has 0 saturated carbocycles. The molecule has 62 valence electrons. The third-order valence-electron chi connectivity index (χ3n) is 1.85. The van der Waals surface area contributed by atoms with E-state index in [1.165, 1.54) is 0 Å². The van der Waals surface area contributed by atoms with Gasteiger partial charge in [0.2, 0.25) is 0 Å². The van der Waals surface area contributed by atoms with Crippen LogP contribution in [0.5, 0.6) is 0 Å². The lowest BCUT2D eigenvalue weighted by Gasteiger charge is -2.26. The van der Waals surface area contributed by atoms with Crippen LogP contribution in [0.25, 0.3) is 0 Å². The van der Waals surface area contributed by atoms with Gasteiger partial charge in [0.25, 0.3) is 0 Å². The summed E-state index contributed by atoms with van der Waals surface area (Å²) < 4.78 is 0. The zero-order valence-electron chi connectivity index (χ0n) is 6.91. The Morgan fingerprint density at radius 3 is 2.82 bits per heavy atom. The van der Waals surface area contributed by atoms with Gasteiger partial charge in [-0.05, 0) is 18.1 Å². The van der Waals surface area contributed by atoms with Crippen molar-refractivity contribution in [1.29, 1.82) is 0 Å². The van der Waals surface area contributed by atoms with Crippen LogP contribution in [0.15, 0.2) is 23.6 Å². The van der Waals surface area contributed by atoms with Crippen molar-refractivity contribution in [2.75, 3.05) is 7.05 Å². The van der Waals surface area contributed by atoms with Crippen LogP contribution in [0.1, 0.15) is 13.3 Å². The molecular formula is C8H14N2O. The lowest BCUT2D eigenvalue weighted by Crippen LogP contribution is -2.39. The smallest absolute Gasteiger partial charge is 0.135 e. The van der Waals surface area contributed by atoms with Crippen molar-refractivity contribution >= 4 is 0 Å². The molecule has 1 unspecified atom stereocenters. The van der Waals surface area contributed by atoms with Gasteiger partial charge in [-0.1, -0.05) is 6.92 Å². The van der Waals surface area contributed by atoms with E-state index in [2.05, 4.69) is 0 Å². The van der Waals surface area contributed by atoms with Gasteiger partial charge >= 0.3 is 0 Å². The Hall–Kier alpha value is -0.960. The van der Waals surface area contributed by atoms with Crippen molar-refractivity contribution in [3.05, 3.63) is 23.6 Å². The Bertz CT molecular complexity index is 208. The normalized spacial score (nSPS) is 24.6. The first-order valence-electron chi connectivity index (χ1n) is 3.74. The molecule has 0 aromatic carbocycles. The van der Waals surface area contributed by atoms with Gasteiger partial charge in [0.15, 0.2) is 0 Å². The predicted molar refractivity (Wildman–Crippen MR) is 44.8 cm³/mol. The van der Waals surface area contributed by atoms with Crippen molar-refractivity contribution < 1.29 is 5.11 Å². The molecule has 0 saturated heterocycles. The van der Waals surface area contributed by atoms with Crippen molar-refractivity contribution in [2.24, 2.45) is 5.73 Å². The molecule has 1 aliphatic heterocycles. The Kier molecular flexibility index (Phi) is 2.19. The first-order valence-corrected chi connectivity index (χ1v) is 3.74. The number of hydrogen-bond donors (Lipinski definition) is 2. The summed E-state index contributed by atoms with van der Waals surface area (Å²) in [6.07, 6.45) is 4.22. The highest BCUT2D eigenvalue weighted by molar-refractivity contribution is 5.26. The number of hydrogen-bond acceptors (Lipinski definition) is 3. The second-order valence-electron chi connectivity index (χ2n) is 2.74. The monoisotopic (exact) mass is 154 g/mol. The SMILES string of the molecule is CCC1=CN(C)C(N)C(O)=C1. The highest BCUT2D eigenvalue weighted by Crippen LogP contribution is 2.15. The second kappa shape index (κ2) is 2.96. The van der Waals surface area contributed by atoms with Gasteiger partial charge in [-0.2, -0.15) is 0 Å². The molecule has 0 bridgehead atoms. The van der Waals surface area contributed by atoms with Crippen LogP contribution in [-0.4, -0.2) is 23.2 Å². The van der Waals surface area contributed by atoms with Gasteiger partial charge in [0, 0.05) is 13.2 Å². The maximum atomic E-state index is 9.30. The average Bonchev–Trinajstić information content (AvgIpc) is 1.99. The summed E-state index contributed by atoms with van der Waals surface area (Å²) in [6, 6.07) is 0. The molecule has 3 N–H and O–H groups in total. The standard InChI is InChI=1S/C8H14N2O/c1-3-6-4-7(11)8(9)10(2)5-6/h4-5,8,11H,3,9H2,1-2H3. The third-order valence-corrected chi connectivity index (χ3v) is 1.85. The number of nitrogens with zero attached hydrogens (tertiary/aromatic N) is 1. The largest absolute Gasteiger partial charge is 0.509 e. The van der Waals surface area contributed by atoms with E-state index in [9.17, 15) is 5.11 Å². The maximum Gasteiger partial charge on any atom is 0.135 e. The molecule has 1 aliphatic rings. The molecule has 3 nitrogen and oxygen atoms in total. The van der Waals surface area contributed by atoms with E-state index in [0.717, 1.165) is 12.0 Å². The highest BCUT2D eigenvalue weighted by Gasteiger charge is 2.15. The van der Waals surface area contributed by atoms with E-state index in [0.29, 0.717) is 0 Å². The highest BCUT2D eigenvalue weighted by atomic mass is 16.3. The molecule has 1 atom stereocenters. The fourth-order valence-corrected chi connectivity index (χ4v) is 1.06. The number of nitrogens with two attached hydrogens (primary N) is 1. The molecule has 0 aliphatic carbocycles. The van der Waals surface area contributed by atoms with Gasteiger partial charge in [0.05, 0.1) is 0 Å². The average molecular weight is 154 g/mol. The van der Waals surface area contributed by atoms with Crippen molar-refractivity contribution in [3.63, 3.8) is 0 Å². The van der Waals surface area contributed by atoms with Crippen LogP contribution >= 0.6 is 0 Å². The number of aliphatic hydroxyl groups excluding tert-OH is 1. The number of aliphatic hydroxyl groups is 1. The van der Waals surface area contributed by atoms with Crippen LogP contribution in [0.3, 0.4) is 0 Å². The lowest BCUT2D eigenvalue weighted by molar-refractivity contribution is 0.259. The van der Waals surface area contributed by atoms with E-state index in [1.807, 2.05) is 20.2 Å². The summed E-state index contributed by atoms with van der Waals surface area (Å²) >= 11 is 0. The summed E-state index contributed by atoms with van der Waals surface area (Å²) in [4.78, 5) is 1.80. The molecule has 0 aromatic rings. The zero-order chi connectivity index (χ0) is 8.43. The summed E-state index contributed by atoms with van der Waals surface area (Å²) in [5.41, 5.74) is 6.71. The molecule has 0 fully saturated rings. The van der Waals surface area contributed by atoms with Crippen LogP contribution in [0.2, 0.25) is 0 Å². The molecule has 1 rings (SSSR count). The van der Waals surface area contributed by atoms with Crippen LogP contribution in [-0.2, 0) is 0 Å². The molecule has 0 spiro atoms. The fourth-order valence-electron chi connectivity index (χ4n) is 1.06. The molecule has 0 aromatic heterocycles. The second-order valence-corrected chi connectivity index (χ2v) is 2.74. The van der Waals surface area contributed by atoms with Crippen LogP contribution < -0.4 is 5.73 Å². The quantitative estimate of drug-likeness (QED) is 0.591. The first kappa shape index (κ1) is 8.14. The molecule has 0 radical (unpaired) electrons. The molecule has 11 heavy (non-hydrogen) atoms.